The van der Waals surface area contributed by atoms with Crippen molar-refractivity contribution in [2.45, 2.75) is 45.4 Å². The summed E-state index contributed by atoms with van der Waals surface area (Å²) in [6, 6.07) is 4.54. The number of fused-ring (bicyclic) bond motifs is 3. The van der Waals surface area contributed by atoms with Crippen molar-refractivity contribution in [3.05, 3.63) is 29.0 Å². The first kappa shape index (κ1) is 13.3. The van der Waals surface area contributed by atoms with E-state index in [1.165, 1.54) is 42.4 Å². The maximum absolute atomic E-state index is 5.78. The van der Waals surface area contributed by atoms with Gasteiger partial charge in [0.2, 0.25) is 0 Å². The van der Waals surface area contributed by atoms with Crippen LogP contribution in [0.25, 0.3) is 11.0 Å². The van der Waals surface area contributed by atoms with Gasteiger partial charge in [0.15, 0.2) is 5.58 Å². The van der Waals surface area contributed by atoms with Crippen LogP contribution in [0.4, 0.5) is 0 Å². The summed E-state index contributed by atoms with van der Waals surface area (Å²) < 4.78 is 5.78. The van der Waals surface area contributed by atoms with Crippen LogP contribution in [0.2, 0.25) is 0 Å². The third kappa shape index (κ3) is 1.94. The molecule has 3 heteroatoms. The van der Waals surface area contributed by atoms with Crippen LogP contribution in [0, 0.1) is 5.41 Å². The molecule has 1 aliphatic heterocycles. The van der Waals surface area contributed by atoms with E-state index in [0.717, 1.165) is 17.7 Å². The molecular formula is C18H24N2O. The Morgan fingerprint density at radius 3 is 2.71 bits per heavy atom. The summed E-state index contributed by atoms with van der Waals surface area (Å²) in [5.74, 6) is 0. The highest BCUT2D eigenvalue weighted by Gasteiger charge is 2.43. The fraction of sp³-hybridized carbons (Fsp3) is 0.611. The van der Waals surface area contributed by atoms with Crippen molar-refractivity contribution in [1.29, 1.82) is 0 Å². The molecule has 0 amide bonds. The van der Waals surface area contributed by atoms with Gasteiger partial charge in [-0.2, -0.15) is 0 Å². The van der Waals surface area contributed by atoms with Gasteiger partial charge in [-0.3, -0.25) is 0 Å². The van der Waals surface area contributed by atoms with E-state index in [1.807, 2.05) is 0 Å². The van der Waals surface area contributed by atoms with E-state index in [1.54, 1.807) is 0 Å². The number of likely N-dealkylation sites (tertiary alicyclic amines) is 1. The van der Waals surface area contributed by atoms with Gasteiger partial charge in [0.25, 0.3) is 0 Å². The lowest BCUT2D eigenvalue weighted by atomic mass is 9.84. The minimum atomic E-state index is 0.0311. The molecule has 2 aliphatic rings. The molecule has 0 bridgehead atoms. The second kappa shape index (κ2) is 4.10. The molecule has 2 heterocycles. The zero-order valence-corrected chi connectivity index (χ0v) is 13.5. The van der Waals surface area contributed by atoms with Gasteiger partial charge in [-0.25, -0.2) is 0 Å². The zero-order chi connectivity index (χ0) is 14.8. The first-order valence-corrected chi connectivity index (χ1v) is 7.97. The molecule has 1 aromatic heterocycles. The Kier molecular flexibility index (Phi) is 2.60. The Balaban J connectivity index is 1.81. The van der Waals surface area contributed by atoms with E-state index in [4.69, 9.17) is 4.52 Å². The van der Waals surface area contributed by atoms with Crippen LogP contribution in [0.1, 0.15) is 44.0 Å². The van der Waals surface area contributed by atoms with E-state index in [2.05, 4.69) is 50.0 Å². The molecule has 1 fully saturated rings. The molecule has 0 saturated carbocycles. The molecule has 2 aromatic rings. The average Bonchev–Trinajstić information content (AvgIpc) is 3.04. The molecule has 21 heavy (non-hydrogen) atoms. The van der Waals surface area contributed by atoms with Gasteiger partial charge in [0.05, 0.1) is 5.69 Å². The van der Waals surface area contributed by atoms with Gasteiger partial charge < -0.3 is 9.42 Å². The quantitative estimate of drug-likeness (QED) is 0.741. The molecule has 1 unspecified atom stereocenters. The van der Waals surface area contributed by atoms with Crippen LogP contribution < -0.4 is 0 Å². The second-order valence-electron chi connectivity index (χ2n) is 8.20. The number of hydrogen-bond acceptors (Lipinski definition) is 3. The summed E-state index contributed by atoms with van der Waals surface area (Å²) in [4.78, 5) is 2.46. The van der Waals surface area contributed by atoms with E-state index in [-0.39, 0.29) is 5.41 Å². The molecule has 4 rings (SSSR count). The fourth-order valence-corrected chi connectivity index (χ4v) is 4.29. The largest absolute Gasteiger partial charge is 0.356 e. The Morgan fingerprint density at radius 2 is 2.05 bits per heavy atom. The lowest BCUT2D eigenvalue weighted by molar-refractivity contribution is 0.295. The Morgan fingerprint density at radius 1 is 1.24 bits per heavy atom. The Labute approximate surface area is 126 Å². The lowest BCUT2D eigenvalue weighted by Gasteiger charge is -2.21. The molecule has 1 atom stereocenters. The van der Waals surface area contributed by atoms with Crippen LogP contribution in [0.15, 0.2) is 16.7 Å². The summed E-state index contributed by atoms with van der Waals surface area (Å²) >= 11 is 0. The van der Waals surface area contributed by atoms with E-state index in [0.29, 0.717) is 5.41 Å². The molecule has 112 valence electrons. The molecule has 1 spiro atoms. The lowest BCUT2D eigenvalue weighted by Crippen LogP contribution is -2.25. The molecule has 1 aromatic carbocycles. The maximum Gasteiger partial charge on any atom is 0.170 e. The van der Waals surface area contributed by atoms with Crippen molar-refractivity contribution in [2.75, 3.05) is 20.1 Å². The highest BCUT2D eigenvalue weighted by Crippen LogP contribution is 2.46. The average molecular weight is 284 g/mol. The predicted octanol–water partition coefficient (Wildman–Crippen LogP) is 3.55. The van der Waals surface area contributed by atoms with Crippen LogP contribution in [-0.2, 0) is 18.3 Å². The molecular weight excluding hydrogens is 260 g/mol. The summed E-state index contributed by atoms with van der Waals surface area (Å²) in [7, 11) is 2.24. The van der Waals surface area contributed by atoms with Gasteiger partial charge in [-0.1, -0.05) is 32.0 Å². The van der Waals surface area contributed by atoms with Crippen molar-refractivity contribution in [3.63, 3.8) is 0 Å². The summed E-state index contributed by atoms with van der Waals surface area (Å²) in [6.45, 7) is 9.03. The van der Waals surface area contributed by atoms with Crippen molar-refractivity contribution in [3.8, 4) is 0 Å². The third-order valence-corrected chi connectivity index (χ3v) is 5.30. The maximum atomic E-state index is 5.78. The van der Waals surface area contributed by atoms with Gasteiger partial charge in [0, 0.05) is 22.9 Å². The smallest absolute Gasteiger partial charge is 0.170 e. The van der Waals surface area contributed by atoms with Gasteiger partial charge >= 0.3 is 0 Å². The van der Waals surface area contributed by atoms with Crippen LogP contribution >= 0.6 is 0 Å². The number of aromatic nitrogens is 1. The van der Waals surface area contributed by atoms with E-state index in [9.17, 15) is 0 Å². The number of nitrogens with zero attached hydrogens (tertiary/aromatic N) is 2. The standard InChI is InChI=1S/C18H24N2O/c1-17(2,3)16-13-6-5-12-9-18(7-8-20(4)11-18)10-14(12)15(13)21-19-16/h5-6H,7-11H2,1-4H3. The van der Waals surface area contributed by atoms with Crippen LogP contribution in [0.3, 0.4) is 0 Å². The van der Waals surface area contributed by atoms with Crippen molar-refractivity contribution >= 4 is 11.0 Å². The van der Waals surface area contributed by atoms with Crippen molar-refractivity contribution in [2.24, 2.45) is 5.41 Å². The first-order valence-electron chi connectivity index (χ1n) is 7.97. The molecule has 0 N–H and O–H groups in total. The highest BCUT2D eigenvalue weighted by atomic mass is 16.5. The Bertz CT molecular complexity index is 710. The number of benzene rings is 1. The first-order chi connectivity index (χ1) is 9.88. The minimum absolute atomic E-state index is 0.0311. The zero-order valence-electron chi connectivity index (χ0n) is 13.5. The number of rotatable bonds is 0. The summed E-state index contributed by atoms with van der Waals surface area (Å²) in [5, 5.41) is 5.60. The minimum Gasteiger partial charge on any atom is -0.356 e. The van der Waals surface area contributed by atoms with Gasteiger partial charge in [-0.05, 0) is 49.9 Å². The summed E-state index contributed by atoms with van der Waals surface area (Å²) in [6.07, 6.45) is 3.66. The molecule has 3 nitrogen and oxygen atoms in total. The third-order valence-electron chi connectivity index (χ3n) is 5.30. The molecule has 1 aliphatic carbocycles. The topological polar surface area (TPSA) is 29.3 Å². The van der Waals surface area contributed by atoms with Crippen molar-refractivity contribution in [1.82, 2.24) is 10.1 Å². The normalized spacial score (nSPS) is 26.1. The fourth-order valence-electron chi connectivity index (χ4n) is 4.29. The highest BCUT2D eigenvalue weighted by molar-refractivity contribution is 5.85. The monoisotopic (exact) mass is 284 g/mol. The molecule has 0 radical (unpaired) electrons. The second-order valence-corrected chi connectivity index (χ2v) is 8.20. The predicted molar refractivity (Wildman–Crippen MR) is 84.7 cm³/mol. The Hall–Kier alpha value is -1.35. The van der Waals surface area contributed by atoms with Crippen molar-refractivity contribution < 1.29 is 4.52 Å². The number of hydrogen-bond donors (Lipinski definition) is 0. The van der Waals surface area contributed by atoms with Gasteiger partial charge in [-0.15, -0.1) is 0 Å². The van der Waals surface area contributed by atoms with E-state index < -0.39 is 0 Å². The van der Waals surface area contributed by atoms with Crippen LogP contribution in [0.5, 0.6) is 0 Å². The molecule has 1 saturated heterocycles. The van der Waals surface area contributed by atoms with E-state index >= 15 is 0 Å². The van der Waals surface area contributed by atoms with Gasteiger partial charge in [0.1, 0.15) is 0 Å². The summed E-state index contributed by atoms with van der Waals surface area (Å²) in [5.41, 5.74) is 5.51. The SMILES string of the molecule is CN1CCC2(Cc3ccc4c(C(C)(C)C)noc4c3C2)C1. The van der Waals surface area contributed by atoms with Crippen LogP contribution in [-0.4, -0.2) is 30.2 Å².